The molecule has 3 aliphatic rings. The van der Waals surface area contributed by atoms with E-state index in [0.29, 0.717) is 12.1 Å². The van der Waals surface area contributed by atoms with Gasteiger partial charge >= 0.3 is 35.7 Å². The molecule has 0 radical (unpaired) electrons. The van der Waals surface area contributed by atoms with Gasteiger partial charge in [-0.1, -0.05) is 36.4 Å². The van der Waals surface area contributed by atoms with Crippen LogP contribution in [0.4, 0.5) is 4.79 Å². The molecule has 28 heavy (non-hydrogen) atoms. The summed E-state index contributed by atoms with van der Waals surface area (Å²) >= 11 is 1.26. The Balaban J connectivity index is 0.00000225. The molecule has 9 heteroatoms. The minimum Gasteiger partial charge on any atom is -0.543 e. The number of thioether (sulfide) groups is 1. The van der Waals surface area contributed by atoms with E-state index in [4.69, 9.17) is 4.74 Å². The fourth-order valence-electron chi connectivity index (χ4n) is 3.48. The molecule has 0 spiro atoms. The number of β-lactam (4-membered cyclic amide) rings is 1. The maximum atomic E-state index is 12.4. The molecule has 3 aliphatic heterocycles. The second-order valence-corrected chi connectivity index (χ2v) is 7.47. The zero-order chi connectivity index (χ0) is 19.0. The standard InChI is InChI=1S/C19H18N2O5S.Na/c22-16-14(17-21(16)15(11-27-17)18(23)24)9-13-7-4-8-20(13)19(25)26-10-12-5-2-1-3-6-12;/h1-3,5-6,9,11,13,17H,4,7-8,10H2,(H,23,24);/q;+1/p-1/b14-9-;/t13?,17-;/m1./s1. The summed E-state index contributed by atoms with van der Waals surface area (Å²) in [5, 5.41) is 12.1. The molecular formula is C19H17N2NaO5S. The van der Waals surface area contributed by atoms with E-state index >= 15 is 0 Å². The van der Waals surface area contributed by atoms with E-state index in [2.05, 4.69) is 0 Å². The molecule has 4 rings (SSSR count). The molecule has 2 atom stereocenters. The van der Waals surface area contributed by atoms with Crippen molar-refractivity contribution in [1.82, 2.24) is 9.80 Å². The average molecular weight is 408 g/mol. The third-order valence-electron chi connectivity index (χ3n) is 4.85. The van der Waals surface area contributed by atoms with E-state index < -0.39 is 12.1 Å². The Bertz CT molecular complexity index is 857. The normalized spacial score (nSPS) is 24.4. The summed E-state index contributed by atoms with van der Waals surface area (Å²) in [6.45, 7) is 0.768. The summed E-state index contributed by atoms with van der Waals surface area (Å²) in [5.74, 6) is -1.70. The minimum atomic E-state index is -1.36. The van der Waals surface area contributed by atoms with Crippen molar-refractivity contribution >= 4 is 29.7 Å². The van der Waals surface area contributed by atoms with Crippen LogP contribution in [-0.4, -0.2) is 45.7 Å². The molecule has 0 aromatic heterocycles. The summed E-state index contributed by atoms with van der Waals surface area (Å²) < 4.78 is 5.40. The molecule has 140 valence electrons. The van der Waals surface area contributed by atoms with Crippen LogP contribution in [0.5, 0.6) is 0 Å². The summed E-state index contributed by atoms with van der Waals surface area (Å²) in [6, 6.07) is 9.22. The first-order chi connectivity index (χ1) is 13.1. The molecule has 1 unspecified atom stereocenters. The number of carboxylic acid groups (broad SMARTS) is 1. The molecule has 2 fully saturated rings. The van der Waals surface area contributed by atoms with Crippen molar-refractivity contribution in [3.8, 4) is 0 Å². The summed E-state index contributed by atoms with van der Waals surface area (Å²) in [4.78, 5) is 38.6. The van der Waals surface area contributed by atoms with Gasteiger partial charge in [0.05, 0.1) is 17.7 Å². The first-order valence-electron chi connectivity index (χ1n) is 8.66. The maximum Gasteiger partial charge on any atom is 1.00 e. The number of amides is 2. The number of hydrogen-bond donors (Lipinski definition) is 0. The SMILES string of the molecule is O=C([O-])C1=CS[C@@H]2/C(=C\C3CCCN3C(=O)OCc3ccccc3)C(=O)N12.[Na+]. The third-order valence-corrected chi connectivity index (χ3v) is 5.94. The largest absolute Gasteiger partial charge is 1.00 e. The molecule has 7 nitrogen and oxygen atoms in total. The molecule has 0 saturated carbocycles. The van der Waals surface area contributed by atoms with E-state index in [0.717, 1.165) is 18.4 Å². The Morgan fingerprint density at radius 3 is 2.75 bits per heavy atom. The predicted molar refractivity (Wildman–Crippen MR) is 95.8 cm³/mol. The number of likely N-dealkylation sites (tertiary alicyclic amines) is 1. The topological polar surface area (TPSA) is 90.0 Å². The first kappa shape index (κ1) is 21.0. The number of hydrogen-bond acceptors (Lipinski definition) is 6. The van der Waals surface area contributed by atoms with E-state index in [1.165, 1.54) is 22.1 Å². The molecule has 0 N–H and O–H groups in total. The Kier molecular flexibility index (Phi) is 6.54. The maximum absolute atomic E-state index is 12.4. The summed E-state index contributed by atoms with van der Waals surface area (Å²) in [7, 11) is 0. The van der Waals surface area contributed by atoms with E-state index in [9.17, 15) is 19.5 Å². The van der Waals surface area contributed by atoms with Crippen LogP contribution in [0.2, 0.25) is 0 Å². The van der Waals surface area contributed by atoms with Crippen LogP contribution in [0.1, 0.15) is 18.4 Å². The van der Waals surface area contributed by atoms with Gasteiger partial charge in [0.15, 0.2) is 0 Å². The number of carbonyl (C=O) groups is 3. The number of carboxylic acids is 1. The molecule has 0 bridgehead atoms. The molecular weight excluding hydrogens is 391 g/mol. The van der Waals surface area contributed by atoms with Crippen molar-refractivity contribution in [3.05, 3.63) is 58.6 Å². The average Bonchev–Trinajstić information content (AvgIpc) is 3.29. The fourth-order valence-corrected chi connectivity index (χ4v) is 4.61. The Morgan fingerprint density at radius 1 is 1.29 bits per heavy atom. The summed E-state index contributed by atoms with van der Waals surface area (Å²) in [5.41, 5.74) is 1.34. The zero-order valence-corrected chi connectivity index (χ0v) is 18.2. The molecule has 2 amide bonds. The Hall–Kier alpha value is -1.74. The van der Waals surface area contributed by atoms with Crippen molar-refractivity contribution in [2.24, 2.45) is 0 Å². The van der Waals surface area contributed by atoms with Gasteiger partial charge in [0, 0.05) is 12.1 Å². The van der Waals surface area contributed by atoms with Crippen LogP contribution < -0.4 is 34.7 Å². The number of fused-ring (bicyclic) bond motifs is 1. The number of carbonyl (C=O) groups excluding carboxylic acids is 3. The van der Waals surface area contributed by atoms with Gasteiger partial charge in [-0.25, -0.2) is 4.79 Å². The van der Waals surface area contributed by atoms with Gasteiger partial charge in [-0.15, -0.1) is 11.8 Å². The van der Waals surface area contributed by atoms with Crippen LogP contribution >= 0.6 is 11.8 Å². The molecule has 1 aromatic carbocycles. The van der Waals surface area contributed by atoms with Gasteiger partial charge in [0.25, 0.3) is 5.91 Å². The van der Waals surface area contributed by atoms with Gasteiger partial charge in [0.1, 0.15) is 12.0 Å². The van der Waals surface area contributed by atoms with Gasteiger partial charge in [-0.05, 0) is 23.8 Å². The zero-order valence-electron chi connectivity index (χ0n) is 15.4. The van der Waals surface area contributed by atoms with Gasteiger partial charge < -0.3 is 19.5 Å². The summed E-state index contributed by atoms with van der Waals surface area (Å²) in [6.07, 6.45) is 2.94. The quantitative estimate of drug-likeness (QED) is 0.333. The number of benzene rings is 1. The van der Waals surface area contributed by atoms with Crippen LogP contribution in [-0.2, 0) is 20.9 Å². The molecule has 3 heterocycles. The fraction of sp³-hybridized carbons (Fsp3) is 0.316. The van der Waals surface area contributed by atoms with E-state index in [1.807, 2.05) is 30.3 Å². The Morgan fingerprint density at radius 2 is 2.04 bits per heavy atom. The minimum absolute atomic E-state index is 0. The number of nitrogens with zero attached hydrogens (tertiary/aromatic N) is 2. The first-order valence-corrected chi connectivity index (χ1v) is 9.60. The van der Waals surface area contributed by atoms with Crippen LogP contribution in [0.3, 0.4) is 0 Å². The smallest absolute Gasteiger partial charge is 0.543 e. The second kappa shape index (κ2) is 8.73. The van der Waals surface area contributed by atoms with Crippen molar-refractivity contribution < 1.29 is 53.8 Å². The van der Waals surface area contributed by atoms with E-state index in [-0.39, 0.29) is 59.2 Å². The van der Waals surface area contributed by atoms with Crippen molar-refractivity contribution in [2.45, 2.75) is 30.9 Å². The number of rotatable bonds is 4. The monoisotopic (exact) mass is 408 g/mol. The predicted octanol–water partition coefficient (Wildman–Crippen LogP) is -1.78. The molecule has 2 saturated heterocycles. The Labute approximate surface area is 188 Å². The van der Waals surface area contributed by atoms with Crippen molar-refractivity contribution in [1.29, 1.82) is 0 Å². The van der Waals surface area contributed by atoms with Crippen LogP contribution in [0, 0.1) is 0 Å². The number of ether oxygens (including phenoxy) is 1. The third kappa shape index (κ3) is 3.87. The van der Waals surface area contributed by atoms with Crippen molar-refractivity contribution in [2.75, 3.05) is 6.54 Å². The molecule has 0 aliphatic carbocycles. The van der Waals surface area contributed by atoms with Crippen molar-refractivity contribution in [3.63, 3.8) is 0 Å². The number of aliphatic carboxylic acids is 1. The van der Waals surface area contributed by atoms with E-state index in [1.54, 1.807) is 11.0 Å². The molecule has 1 aromatic rings. The second-order valence-electron chi connectivity index (χ2n) is 6.52. The van der Waals surface area contributed by atoms with Gasteiger partial charge in [-0.3, -0.25) is 9.69 Å². The van der Waals surface area contributed by atoms with Gasteiger partial charge in [0.2, 0.25) is 0 Å². The van der Waals surface area contributed by atoms with Gasteiger partial charge in [-0.2, -0.15) is 0 Å². The van der Waals surface area contributed by atoms with Crippen LogP contribution in [0.15, 0.2) is 53.1 Å². The van der Waals surface area contributed by atoms with Crippen LogP contribution in [0.25, 0.3) is 0 Å².